The van der Waals surface area contributed by atoms with Gasteiger partial charge in [-0.2, -0.15) is 0 Å². The van der Waals surface area contributed by atoms with Crippen molar-refractivity contribution in [2.24, 2.45) is 0 Å². The predicted octanol–water partition coefficient (Wildman–Crippen LogP) is 1.50. The molecule has 1 aromatic carbocycles. The quantitative estimate of drug-likeness (QED) is 0.878. The highest BCUT2D eigenvalue weighted by atomic mass is 35.5. The van der Waals surface area contributed by atoms with Crippen LogP contribution in [0.5, 0.6) is 11.5 Å². The second kappa shape index (κ2) is 6.78. The number of nitrogens with one attached hydrogen (secondary N) is 2. The Morgan fingerprint density at radius 2 is 1.83 bits per heavy atom. The predicted molar refractivity (Wildman–Crippen MR) is 70.4 cm³/mol. The van der Waals surface area contributed by atoms with Crippen LogP contribution in [0.4, 0.5) is 4.39 Å². The molecule has 0 bridgehead atoms. The van der Waals surface area contributed by atoms with E-state index in [0.717, 1.165) is 13.1 Å². The third kappa shape index (κ3) is 3.04. The number of benzene rings is 1. The molecule has 4 nitrogen and oxygen atoms in total. The zero-order chi connectivity index (χ0) is 12.3. The van der Waals surface area contributed by atoms with Crippen molar-refractivity contribution in [3.63, 3.8) is 0 Å². The topological polar surface area (TPSA) is 42.5 Å². The maximum absolute atomic E-state index is 13.9. The SMILES string of the molecule is COc1cc(F)c([C@H]2CNCCN2)cc1OC.Cl. The Labute approximate surface area is 112 Å². The zero-order valence-corrected chi connectivity index (χ0v) is 11.3. The molecule has 1 aliphatic rings. The summed E-state index contributed by atoms with van der Waals surface area (Å²) in [6.07, 6.45) is 0. The van der Waals surface area contributed by atoms with Crippen LogP contribution in [0.15, 0.2) is 12.1 Å². The molecule has 0 amide bonds. The summed E-state index contributed by atoms with van der Waals surface area (Å²) in [6, 6.07) is 3.03. The number of rotatable bonds is 3. The van der Waals surface area contributed by atoms with Gasteiger partial charge in [0.05, 0.1) is 14.2 Å². The van der Waals surface area contributed by atoms with E-state index in [9.17, 15) is 4.39 Å². The van der Waals surface area contributed by atoms with Crippen LogP contribution in [0.3, 0.4) is 0 Å². The summed E-state index contributed by atoms with van der Waals surface area (Å²) in [7, 11) is 3.05. The van der Waals surface area contributed by atoms with Gasteiger partial charge in [0.15, 0.2) is 11.5 Å². The minimum absolute atomic E-state index is 0. The number of halogens is 2. The van der Waals surface area contributed by atoms with Crippen LogP contribution in [-0.2, 0) is 0 Å². The first-order valence-corrected chi connectivity index (χ1v) is 5.61. The van der Waals surface area contributed by atoms with E-state index in [1.807, 2.05) is 0 Å². The number of hydrogen-bond donors (Lipinski definition) is 2. The summed E-state index contributed by atoms with van der Waals surface area (Å²) in [5.74, 6) is 0.692. The number of methoxy groups -OCH3 is 2. The standard InChI is InChI=1S/C12H17FN2O2.ClH/c1-16-11-5-8(9(13)6-12(11)17-2)10-7-14-3-4-15-10;/h5-6,10,14-15H,3-4,7H2,1-2H3;1H/t10-;/m1./s1. The minimum Gasteiger partial charge on any atom is -0.493 e. The molecule has 18 heavy (non-hydrogen) atoms. The maximum atomic E-state index is 13.9. The average Bonchev–Trinajstić information content (AvgIpc) is 2.39. The largest absolute Gasteiger partial charge is 0.493 e. The van der Waals surface area contributed by atoms with E-state index in [0.29, 0.717) is 23.6 Å². The third-order valence-corrected chi connectivity index (χ3v) is 2.92. The Hall–Kier alpha value is -1.04. The molecule has 1 aromatic rings. The number of ether oxygens (including phenoxy) is 2. The molecule has 1 aliphatic heterocycles. The lowest BCUT2D eigenvalue weighted by Gasteiger charge is -2.25. The molecule has 0 aliphatic carbocycles. The Morgan fingerprint density at radius 3 is 2.39 bits per heavy atom. The van der Waals surface area contributed by atoms with Gasteiger partial charge in [0.1, 0.15) is 5.82 Å². The van der Waals surface area contributed by atoms with Crippen LogP contribution in [0.1, 0.15) is 11.6 Å². The fourth-order valence-corrected chi connectivity index (χ4v) is 2.01. The molecule has 1 heterocycles. The summed E-state index contributed by atoms with van der Waals surface area (Å²) in [5, 5.41) is 6.49. The van der Waals surface area contributed by atoms with E-state index in [2.05, 4.69) is 10.6 Å². The van der Waals surface area contributed by atoms with Crippen molar-refractivity contribution >= 4 is 12.4 Å². The van der Waals surface area contributed by atoms with E-state index < -0.39 is 0 Å². The molecule has 0 unspecified atom stereocenters. The monoisotopic (exact) mass is 276 g/mol. The molecule has 0 saturated carbocycles. The number of piperazine rings is 1. The first-order valence-electron chi connectivity index (χ1n) is 5.61. The van der Waals surface area contributed by atoms with E-state index in [1.54, 1.807) is 13.2 Å². The molecule has 1 fully saturated rings. The second-order valence-corrected chi connectivity index (χ2v) is 3.94. The zero-order valence-electron chi connectivity index (χ0n) is 10.5. The summed E-state index contributed by atoms with van der Waals surface area (Å²) in [5.41, 5.74) is 0.606. The Morgan fingerprint density at radius 1 is 1.17 bits per heavy atom. The van der Waals surface area contributed by atoms with Gasteiger partial charge in [0.25, 0.3) is 0 Å². The van der Waals surface area contributed by atoms with Crippen LogP contribution in [-0.4, -0.2) is 33.9 Å². The van der Waals surface area contributed by atoms with Gasteiger partial charge in [-0.25, -0.2) is 4.39 Å². The molecule has 0 spiro atoms. The molecule has 2 N–H and O–H groups in total. The molecule has 6 heteroatoms. The highest BCUT2D eigenvalue weighted by Crippen LogP contribution is 2.32. The first kappa shape index (κ1) is 15.0. The van der Waals surface area contributed by atoms with Gasteiger partial charge >= 0.3 is 0 Å². The van der Waals surface area contributed by atoms with Crippen LogP contribution in [0.25, 0.3) is 0 Å². The lowest BCUT2D eigenvalue weighted by atomic mass is 10.0. The van der Waals surface area contributed by atoms with Gasteiger partial charge in [0, 0.05) is 37.3 Å². The van der Waals surface area contributed by atoms with Gasteiger partial charge in [-0.05, 0) is 6.07 Å². The molecule has 2 rings (SSSR count). The third-order valence-electron chi connectivity index (χ3n) is 2.92. The number of hydrogen-bond acceptors (Lipinski definition) is 4. The molecular formula is C12H18ClFN2O2. The van der Waals surface area contributed by atoms with Crippen molar-refractivity contribution in [1.29, 1.82) is 0 Å². The van der Waals surface area contributed by atoms with Crippen LogP contribution < -0.4 is 20.1 Å². The van der Waals surface area contributed by atoms with E-state index in [4.69, 9.17) is 9.47 Å². The summed E-state index contributed by atoms with van der Waals surface area (Å²) >= 11 is 0. The molecule has 1 atom stereocenters. The van der Waals surface area contributed by atoms with Gasteiger partial charge in [-0.3, -0.25) is 0 Å². The summed E-state index contributed by atoms with van der Waals surface area (Å²) in [4.78, 5) is 0. The van der Waals surface area contributed by atoms with E-state index >= 15 is 0 Å². The van der Waals surface area contributed by atoms with Gasteiger partial charge in [-0.1, -0.05) is 0 Å². The molecule has 102 valence electrons. The van der Waals surface area contributed by atoms with Crippen LogP contribution in [0.2, 0.25) is 0 Å². The summed E-state index contributed by atoms with van der Waals surface area (Å²) < 4.78 is 24.2. The van der Waals surface area contributed by atoms with Crippen molar-refractivity contribution in [2.45, 2.75) is 6.04 Å². The molecular weight excluding hydrogens is 259 g/mol. The van der Waals surface area contributed by atoms with Crippen molar-refractivity contribution in [2.75, 3.05) is 33.9 Å². The van der Waals surface area contributed by atoms with Crippen molar-refractivity contribution in [3.05, 3.63) is 23.5 Å². The van der Waals surface area contributed by atoms with Crippen LogP contribution >= 0.6 is 12.4 Å². The average molecular weight is 277 g/mol. The van der Waals surface area contributed by atoms with Crippen molar-refractivity contribution in [1.82, 2.24) is 10.6 Å². The van der Waals surface area contributed by atoms with Crippen LogP contribution in [0, 0.1) is 5.82 Å². The smallest absolute Gasteiger partial charge is 0.163 e. The van der Waals surface area contributed by atoms with E-state index in [-0.39, 0.29) is 24.3 Å². The van der Waals surface area contributed by atoms with Crippen molar-refractivity contribution in [3.8, 4) is 11.5 Å². The lowest BCUT2D eigenvalue weighted by Crippen LogP contribution is -2.42. The minimum atomic E-state index is -0.274. The normalized spacial score (nSPS) is 18.9. The van der Waals surface area contributed by atoms with E-state index in [1.165, 1.54) is 13.2 Å². The molecule has 0 radical (unpaired) electrons. The fraction of sp³-hybridized carbons (Fsp3) is 0.500. The Kier molecular flexibility index (Phi) is 5.65. The van der Waals surface area contributed by atoms with Gasteiger partial charge in [0.2, 0.25) is 0 Å². The molecule has 0 aromatic heterocycles. The fourth-order valence-electron chi connectivity index (χ4n) is 2.01. The lowest BCUT2D eigenvalue weighted by molar-refractivity contribution is 0.348. The highest BCUT2D eigenvalue weighted by Gasteiger charge is 2.20. The maximum Gasteiger partial charge on any atom is 0.163 e. The van der Waals surface area contributed by atoms with Gasteiger partial charge < -0.3 is 20.1 Å². The van der Waals surface area contributed by atoms with Crippen molar-refractivity contribution < 1.29 is 13.9 Å². The Bertz CT molecular complexity index is 398. The first-order chi connectivity index (χ1) is 8.26. The Balaban J connectivity index is 0.00000162. The summed E-state index contributed by atoms with van der Waals surface area (Å²) in [6.45, 7) is 2.45. The second-order valence-electron chi connectivity index (χ2n) is 3.94. The van der Waals surface area contributed by atoms with Gasteiger partial charge in [-0.15, -0.1) is 12.4 Å². The highest BCUT2D eigenvalue weighted by molar-refractivity contribution is 5.85. The molecule has 1 saturated heterocycles.